The van der Waals surface area contributed by atoms with Crippen molar-refractivity contribution in [3.63, 3.8) is 0 Å². The molecule has 0 saturated carbocycles. The van der Waals surface area contributed by atoms with E-state index >= 15 is 0 Å². The van der Waals surface area contributed by atoms with Gasteiger partial charge < -0.3 is 9.47 Å². The average molecular weight is 425 g/mol. The molecule has 0 aliphatic rings. The Labute approximate surface area is 186 Å². The number of carbonyl (C=O) groups is 2. The van der Waals surface area contributed by atoms with Gasteiger partial charge in [0, 0.05) is 12.8 Å². The molecule has 0 radical (unpaired) electrons. The van der Waals surface area contributed by atoms with E-state index in [1.807, 2.05) is 0 Å². The molecule has 0 aliphatic carbocycles. The molecule has 0 fully saturated rings. The van der Waals surface area contributed by atoms with Crippen molar-refractivity contribution in [1.29, 1.82) is 0 Å². The molecule has 30 heavy (non-hydrogen) atoms. The zero-order chi connectivity index (χ0) is 22.1. The molecule has 0 bridgehead atoms. The molecule has 0 heterocycles. The molecule has 0 aliphatic heterocycles. The van der Waals surface area contributed by atoms with E-state index in [1.165, 1.54) is 57.8 Å². The van der Waals surface area contributed by atoms with E-state index in [9.17, 15) is 9.59 Å². The molecular formula is C26H48O4. The van der Waals surface area contributed by atoms with Gasteiger partial charge in [-0.3, -0.25) is 9.59 Å². The van der Waals surface area contributed by atoms with E-state index in [0.717, 1.165) is 44.9 Å². The van der Waals surface area contributed by atoms with Gasteiger partial charge in [-0.25, -0.2) is 0 Å². The van der Waals surface area contributed by atoms with Crippen molar-refractivity contribution in [3.05, 3.63) is 12.7 Å². The molecule has 0 saturated heterocycles. The van der Waals surface area contributed by atoms with Gasteiger partial charge in [-0.1, -0.05) is 96.5 Å². The van der Waals surface area contributed by atoms with Crippen molar-refractivity contribution in [2.75, 3.05) is 13.2 Å². The summed E-state index contributed by atoms with van der Waals surface area (Å²) in [4.78, 5) is 23.2. The molecule has 4 nitrogen and oxygen atoms in total. The van der Waals surface area contributed by atoms with Crippen molar-refractivity contribution in [2.24, 2.45) is 0 Å². The van der Waals surface area contributed by atoms with Crippen LogP contribution >= 0.6 is 0 Å². The Morgan fingerprint density at radius 1 is 0.600 bits per heavy atom. The minimum Gasteiger partial charge on any atom is -0.466 e. The summed E-state index contributed by atoms with van der Waals surface area (Å²) in [5, 5.41) is 0. The highest BCUT2D eigenvalue weighted by atomic mass is 16.5. The van der Waals surface area contributed by atoms with Crippen LogP contribution in [0.5, 0.6) is 0 Å². The van der Waals surface area contributed by atoms with Crippen molar-refractivity contribution in [3.8, 4) is 0 Å². The smallest absolute Gasteiger partial charge is 0.305 e. The third-order valence-corrected chi connectivity index (χ3v) is 5.36. The van der Waals surface area contributed by atoms with Gasteiger partial charge in [-0.05, 0) is 25.7 Å². The first-order valence-electron chi connectivity index (χ1n) is 12.6. The predicted octanol–water partition coefficient (Wildman–Crippen LogP) is 7.69. The monoisotopic (exact) mass is 424 g/mol. The minimum atomic E-state index is -0.109. The van der Waals surface area contributed by atoms with Crippen LogP contribution in [0.3, 0.4) is 0 Å². The van der Waals surface area contributed by atoms with E-state index in [2.05, 4.69) is 13.5 Å². The zero-order valence-electron chi connectivity index (χ0n) is 19.8. The maximum absolute atomic E-state index is 11.7. The highest BCUT2D eigenvalue weighted by molar-refractivity contribution is 5.69. The first-order valence-corrected chi connectivity index (χ1v) is 12.6. The van der Waals surface area contributed by atoms with Gasteiger partial charge in [-0.15, -0.1) is 6.58 Å². The molecular weight excluding hydrogens is 376 g/mol. The van der Waals surface area contributed by atoms with Gasteiger partial charge in [-0.2, -0.15) is 0 Å². The van der Waals surface area contributed by atoms with Gasteiger partial charge in [0.25, 0.3) is 0 Å². The molecule has 0 atom stereocenters. The quantitative estimate of drug-likeness (QED) is 0.0958. The number of ether oxygens (including phenoxy) is 2. The first-order chi connectivity index (χ1) is 14.7. The van der Waals surface area contributed by atoms with Crippen LogP contribution in [0.4, 0.5) is 0 Å². The summed E-state index contributed by atoms with van der Waals surface area (Å²) in [6, 6.07) is 0. The molecule has 4 heteroatoms. The van der Waals surface area contributed by atoms with Gasteiger partial charge >= 0.3 is 11.9 Å². The number of unbranched alkanes of at least 4 members (excludes halogenated alkanes) is 14. The Morgan fingerprint density at radius 2 is 1.00 bits per heavy atom. The largest absolute Gasteiger partial charge is 0.466 e. The van der Waals surface area contributed by atoms with Crippen LogP contribution < -0.4 is 0 Å². The van der Waals surface area contributed by atoms with Crippen LogP contribution in [0.1, 0.15) is 129 Å². The average Bonchev–Trinajstić information content (AvgIpc) is 2.74. The standard InChI is InChI=1S/C26H48O4/c1-3-5-7-8-9-10-11-14-17-20-24-30-26(28)22-19-16-13-12-15-18-21-25(27)29-23-6-4-2/h4H,2-3,5-24H2,1H3. The van der Waals surface area contributed by atoms with Gasteiger partial charge in [0.15, 0.2) is 0 Å². The molecule has 0 aromatic carbocycles. The SMILES string of the molecule is C=CCCOC(=O)CCCCCCCCC(=O)OCCCCCCCCCCCC. The second-order valence-corrected chi connectivity index (χ2v) is 8.32. The van der Waals surface area contributed by atoms with Gasteiger partial charge in [0.1, 0.15) is 0 Å². The van der Waals surface area contributed by atoms with Crippen molar-refractivity contribution >= 4 is 11.9 Å². The Morgan fingerprint density at radius 3 is 1.47 bits per heavy atom. The molecule has 176 valence electrons. The molecule has 0 unspecified atom stereocenters. The fraction of sp³-hybridized carbons (Fsp3) is 0.846. The number of carbonyl (C=O) groups excluding carboxylic acids is 2. The summed E-state index contributed by atoms with van der Waals surface area (Å²) in [5.41, 5.74) is 0. The second kappa shape index (κ2) is 24.0. The van der Waals surface area contributed by atoms with E-state index in [0.29, 0.717) is 32.5 Å². The van der Waals surface area contributed by atoms with E-state index in [4.69, 9.17) is 9.47 Å². The molecule has 0 spiro atoms. The van der Waals surface area contributed by atoms with Gasteiger partial charge in [0.05, 0.1) is 13.2 Å². The number of hydrogen-bond acceptors (Lipinski definition) is 4. The normalized spacial score (nSPS) is 10.7. The summed E-state index contributed by atoms with van der Waals surface area (Å²) < 4.78 is 10.4. The highest BCUT2D eigenvalue weighted by Crippen LogP contribution is 2.12. The Hall–Kier alpha value is -1.32. The fourth-order valence-corrected chi connectivity index (χ4v) is 3.42. The number of hydrogen-bond donors (Lipinski definition) is 0. The zero-order valence-corrected chi connectivity index (χ0v) is 19.8. The minimum absolute atomic E-state index is 0.0480. The topological polar surface area (TPSA) is 52.6 Å². The number of esters is 2. The van der Waals surface area contributed by atoms with Crippen molar-refractivity contribution in [1.82, 2.24) is 0 Å². The van der Waals surface area contributed by atoms with Crippen LogP contribution in [0, 0.1) is 0 Å². The van der Waals surface area contributed by atoms with Crippen LogP contribution in [0.15, 0.2) is 12.7 Å². The Kier molecular flexibility index (Phi) is 22.9. The number of rotatable bonds is 23. The van der Waals surface area contributed by atoms with Crippen LogP contribution in [0.2, 0.25) is 0 Å². The lowest BCUT2D eigenvalue weighted by atomic mass is 10.1. The summed E-state index contributed by atoms with van der Waals surface area (Å²) in [5.74, 6) is -0.157. The van der Waals surface area contributed by atoms with E-state index in [1.54, 1.807) is 6.08 Å². The summed E-state index contributed by atoms with van der Waals surface area (Å²) >= 11 is 0. The van der Waals surface area contributed by atoms with E-state index in [-0.39, 0.29) is 11.9 Å². The fourth-order valence-electron chi connectivity index (χ4n) is 3.42. The Bertz CT molecular complexity index is 406. The first kappa shape index (κ1) is 28.7. The molecule has 0 aromatic rings. The van der Waals surface area contributed by atoms with Crippen LogP contribution in [0.25, 0.3) is 0 Å². The maximum atomic E-state index is 11.7. The lowest BCUT2D eigenvalue weighted by Gasteiger charge is -2.06. The predicted molar refractivity (Wildman–Crippen MR) is 126 cm³/mol. The molecule has 0 aromatic heterocycles. The van der Waals surface area contributed by atoms with Crippen LogP contribution in [-0.2, 0) is 19.1 Å². The lowest BCUT2D eigenvalue weighted by Crippen LogP contribution is -2.05. The summed E-state index contributed by atoms with van der Waals surface area (Å²) in [7, 11) is 0. The summed E-state index contributed by atoms with van der Waals surface area (Å²) in [6.07, 6.45) is 22.5. The summed E-state index contributed by atoms with van der Waals surface area (Å²) in [6.45, 7) is 6.88. The van der Waals surface area contributed by atoms with E-state index < -0.39 is 0 Å². The van der Waals surface area contributed by atoms with Crippen LogP contribution in [-0.4, -0.2) is 25.2 Å². The highest BCUT2D eigenvalue weighted by Gasteiger charge is 2.04. The molecule has 0 amide bonds. The third kappa shape index (κ3) is 23.0. The second-order valence-electron chi connectivity index (χ2n) is 8.32. The maximum Gasteiger partial charge on any atom is 0.305 e. The molecule has 0 N–H and O–H groups in total. The van der Waals surface area contributed by atoms with Crippen molar-refractivity contribution in [2.45, 2.75) is 129 Å². The van der Waals surface area contributed by atoms with Crippen molar-refractivity contribution < 1.29 is 19.1 Å². The van der Waals surface area contributed by atoms with Gasteiger partial charge in [0.2, 0.25) is 0 Å². The third-order valence-electron chi connectivity index (χ3n) is 5.36. The lowest BCUT2D eigenvalue weighted by molar-refractivity contribution is -0.144. The Balaban J connectivity index is 3.23. The molecule has 0 rings (SSSR count).